The average Bonchev–Trinajstić information content (AvgIpc) is 2.76. The SMILES string of the molecule is CCOc1cc(CNCc2ccccc2OC)c(Cl)cc1OCc1ccccc1Cl. The zero-order chi connectivity index (χ0) is 21.3. The molecule has 0 saturated carbocycles. The van der Waals surface area contributed by atoms with Crippen LogP contribution in [0.2, 0.25) is 10.0 Å². The summed E-state index contributed by atoms with van der Waals surface area (Å²) in [6.07, 6.45) is 0. The summed E-state index contributed by atoms with van der Waals surface area (Å²) in [5.41, 5.74) is 2.92. The van der Waals surface area contributed by atoms with E-state index in [1.807, 2.05) is 61.5 Å². The first kappa shape index (κ1) is 22.3. The van der Waals surface area contributed by atoms with Crippen molar-refractivity contribution in [3.05, 3.63) is 87.4 Å². The van der Waals surface area contributed by atoms with Gasteiger partial charge in [0.1, 0.15) is 12.4 Å². The Bertz CT molecular complexity index is 978. The predicted molar refractivity (Wildman–Crippen MR) is 122 cm³/mol. The minimum Gasteiger partial charge on any atom is -0.496 e. The van der Waals surface area contributed by atoms with Crippen molar-refractivity contribution in [2.24, 2.45) is 0 Å². The molecule has 30 heavy (non-hydrogen) atoms. The molecule has 0 fully saturated rings. The Hall–Kier alpha value is -2.40. The van der Waals surface area contributed by atoms with E-state index in [9.17, 15) is 0 Å². The van der Waals surface area contributed by atoms with Gasteiger partial charge in [-0.15, -0.1) is 0 Å². The lowest BCUT2D eigenvalue weighted by molar-refractivity contribution is 0.269. The number of ether oxygens (including phenoxy) is 3. The lowest BCUT2D eigenvalue weighted by Crippen LogP contribution is -2.14. The number of hydrogen-bond donors (Lipinski definition) is 1. The van der Waals surface area contributed by atoms with E-state index in [1.54, 1.807) is 13.2 Å². The van der Waals surface area contributed by atoms with Crippen LogP contribution in [0.25, 0.3) is 0 Å². The minimum atomic E-state index is 0.335. The van der Waals surface area contributed by atoms with Crippen LogP contribution in [0.15, 0.2) is 60.7 Å². The van der Waals surface area contributed by atoms with Gasteiger partial charge in [0.25, 0.3) is 0 Å². The zero-order valence-electron chi connectivity index (χ0n) is 17.1. The number of rotatable bonds is 10. The fourth-order valence-corrected chi connectivity index (χ4v) is 3.46. The quantitative estimate of drug-likeness (QED) is 0.399. The molecule has 1 N–H and O–H groups in total. The molecule has 0 heterocycles. The normalized spacial score (nSPS) is 10.7. The fourth-order valence-electron chi connectivity index (χ4n) is 3.05. The van der Waals surface area contributed by atoms with Gasteiger partial charge in [-0.1, -0.05) is 59.6 Å². The maximum Gasteiger partial charge on any atom is 0.163 e. The van der Waals surface area contributed by atoms with Crippen molar-refractivity contribution < 1.29 is 14.2 Å². The van der Waals surface area contributed by atoms with Gasteiger partial charge in [-0.3, -0.25) is 0 Å². The Morgan fingerprint density at radius 3 is 2.13 bits per heavy atom. The highest BCUT2D eigenvalue weighted by molar-refractivity contribution is 6.31. The van der Waals surface area contributed by atoms with E-state index < -0.39 is 0 Å². The molecule has 3 aromatic carbocycles. The number of hydrogen-bond acceptors (Lipinski definition) is 4. The summed E-state index contributed by atoms with van der Waals surface area (Å²) in [5, 5.41) is 4.69. The molecule has 0 amide bonds. The predicted octanol–water partition coefficient (Wildman–Crippen LogP) is 6.27. The third-order valence-corrected chi connectivity index (χ3v) is 5.30. The van der Waals surface area contributed by atoms with Gasteiger partial charge in [0.2, 0.25) is 0 Å². The average molecular weight is 446 g/mol. The Morgan fingerprint density at radius 2 is 1.40 bits per heavy atom. The standard InChI is InChI=1S/C24H25Cl2NO3/c1-3-29-23-12-19(15-27-14-17-8-5-7-11-22(17)28-2)21(26)13-24(23)30-16-18-9-4-6-10-20(18)25/h4-13,27H,3,14-16H2,1-2H3. The number of methoxy groups -OCH3 is 1. The molecule has 0 aliphatic heterocycles. The molecule has 0 atom stereocenters. The van der Waals surface area contributed by atoms with Gasteiger partial charge >= 0.3 is 0 Å². The van der Waals surface area contributed by atoms with Crippen LogP contribution in [0, 0.1) is 0 Å². The molecule has 0 radical (unpaired) electrons. The third kappa shape index (κ3) is 5.82. The van der Waals surface area contributed by atoms with E-state index in [2.05, 4.69) is 5.32 Å². The second kappa shape index (κ2) is 11.1. The molecule has 0 saturated heterocycles. The largest absolute Gasteiger partial charge is 0.496 e. The molecule has 6 heteroatoms. The molecule has 0 unspecified atom stereocenters. The molecule has 0 bridgehead atoms. The number of para-hydroxylation sites is 1. The zero-order valence-corrected chi connectivity index (χ0v) is 18.6. The summed E-state index contributed by atoms with van der Waals surface area (Å²) >= 11 is 12.8. The molecule has 3 rings (SSSR count). The first-order valence-electron chi connectivity index (χ1n) is 9.76. The topological polar surface area (TPSA) is 39.7 Å². The van der Waals surface area contributed by atoms with E-state index >= 15 is 0 Å². The van der Waals surface area contributed by atoms with Gasteiger partial charge in [0.05, 0.1) is 13.7 Å². The Morgan fingerprint density at radius 1 is 0.733 bits per heavy atom. The monoisotopic (exact) mass is 445 g/mol. The van der Waals surface area contributed by atoms with Gasteiger partial charge in [-0.2, -0.15) is 0 Å². The smallest absolute Gasteiger partial charge is 0.163 e. The molecule has 4 nitrogen and oxygen atoms in total. The van der Waals surface area contributed by atoms with Gasteiger partial charge in [-0.05, 0) is 30.7 Å². The second-order valence-corrected chi connectivity index (χ2v) is 7.43. The lowest BCUT2D eigenvalue weighted by Gasteiger charge is -2.16. The summed E-state index contributed by atoms with van der Waals surface area (Å²) in [7, 11) is 1.67. The van der Waals surface area contributed by atoms with Gasteiger partial charge in [0, 0.05) is 40.3 Å². The Balaban J connectivity index is 1.70. The summed E-state index contributed by atoms with van der Waals surface area (Å²) < 4.78 is 17.2. The van der Waals surface area contributed by atoms with Crippen molar-refractivity contribution in [2.75, 3.05) is 13.7 Å². The van der Waals surface area contributed by atoms with E-state index in [4.69, 9.17) is 37.4 Å². The maximum absolute atomic E-state index is 6.53. The Kier molecular flexibility index (Phi) is 8.26. The molecule has 3 aromatic rings. The maximum atomic E-state index is 6.53. The van der Waals surface area contributed by atoms with E-state index in [-0.39, 0.29) is 0 Å². The first-order valence-corrected chi connectivity index (χ1v) is 10.5. The minimum absolute atomic E-state index is 0.335. The van der Waals surface area contributed by atoms with E-state index in [1.165, 1.54) is 0 Å². The van der Waals surface area contributed by atoms with E-state index in [0.29, 0.717) is 47.8 Å². The van der Waals surface area contributed by atoms with Gasteiger partial charge < -0.3 is 19.5 Å². The highest BCUT2D eigenvalue weighted by Crippen LogP contribution is 2.34. The third-order valence-electron chi connectivity index (χ3n) is 4.58. The molecule has 0 aliphatic rings. The lowest BCUT2D eigenvalue weighted by atomic mass is 10.1. The molecule has 158 valence electrons. The summed E-state index contributed by atoms with van der Waals surface area (Å²) in [6.45, 7) is 4.04. The highest BCUT2D eigenvalue weighted by Gasteiger charge is 2.12. The van der Waals surface area contributed by atoms with Crippen LogP contribution in [0.4, 0.5) is 0 Å². The second-order valence-electron chi connectivity index (χ2n) is 6.62. The fraction of sp³-hybridized carbons (Fsp3) is 0.250. The summed E-state index contributed by atoms with van der Waals surface area (Å²) in [4.78, 5) is 0. The first-order chi connectivity index (χ1) is 14.6. The van der Waals surface area contributed by atoms with Crippen LogP contribution in [-0.2, 0) is 19.7 Å². The van der Waals surface area contributed by atoms with Crippen LogP contribution < -0.4 is 19.5 Å². The van der Waals surface area contributed by atoms with Crippen molar-refractivity contribution in [3.8, 4) is 17.2 Å². The van der Waals surface area contributed by atoms with E-state index in [0.717, 1.165) is 22.4 Å². The van der Waals surface area contributed by atoms with Crippen molar-refractivity contribution >= 4 is 23.2 Å². The van der Waals surface area contributed by atoms with Crippen LogP contribution in [0.1, 0.15) is 23.6 Å². The summed E-state index contributed by atoms with van der Waals surface area (Å²) in [5.74, 6) is 2.10. The Labute approximate surface area is 187 Å². The number of nitrogens with one attached hydrogen (secondary N) is 1. The van der Waals surface area contributed by atoms with Gasteiger partial charge in [0.15, 0.2) is 11.5 Å². The molecular weight excluding hydrogens is 421 g/mol. The van der Waals surface area contributed by atoms with Crippen LogP contribution in [0.5, 0.6) is 17.2 Å². The van der Waals surface area contributed by atoms with Crippen molar-refractivity contribution in [3.63, 3.8) is 0 Å². The number of halogens is 2. The molecule has 0 spiro atoms. The molecule has 0 aliphatic carbocycles. The van der Waals surface area contributed by atoms with Crippen LogP contribution >= 0.6 is 23.2 Å². The van der Waals surface area contributed by atoms with Crippen LogP contribution in [0.3, 0.4) is 0 Å². The van der Waals surface area contributed by atoms with Gasteiger partial charge in [-0.25, -0.2) is 0 Å². The summed E-state index contributed by atoms with van der Waals surface area (Å²) in [6, 6.07) is 19.2. The number of benzene rings is 3. The molecular formula is C24H25Cl2NO3. The highest BCUT2D eigenvalue weighted by atomic mass is 35.5. The van der Waals surface area contributed by atoms with Crippen molar-refractivity contribution in [2.45, 2.75) is 26.6 Å². The van der Waals surface area contributed by atoms with Crippen molar-refractivity contribution in [1.29, 1.82) is 0 Å². The van der Waals surface area contributed by atoms with Crippen molar-refractivity contribution in [1.82, 2.24) is 5.32 Å². The molecule has 0 aromatic heterocycles. The van der Waals surface area contributed by atoms with Crippen LogP contribution in [-0.4, -0.2) is 13.7 Å².